The number of ether oxygens (including phenoxy) is 2. The van der Waals surface area contributed by atoms with Gasteiger partial charge in [0.2, 0.25) is 0 Å². The molecule has 0 spiro atoms. The Labute approximate surface area is 178 Å². The molecule has 164 valence electrons. The van der Waals surface area contributed by atoms with Crippen LogP contribution in [0.3, 0.4) is 0 Å². The van der Waals surface area contributed by atoms with Crippen LogP contribution in [0.5, 0.6) is 11.5 Å². The van der Waals surface area contributed by atoms with Gasteiger partial charge in [-0.05, 0) is 69.4 Å². The third-order valence-electron chi connectivity index (χ3n) is 5.24. The van der Waals surface area contributed by atoms with Crippen molar-refractivity contribution in [1.29, 1.82) is 0 Å². The van der Waals surface area contributed by atoms with Gasteiger partial charge in [0.15, 0.2) is 17.5 Å². The molecule has 0 amide bonds. The largest absolute Gasteiger partial charge is 0.493 e. The molecule has 2 aromatic rings. The molecule has 1 aromatic carbocycles. The molecule has 7 nitrogen and oxygen atoms in total. The molecule has 1 atom stereocenters. The van der Waals surface area contributed by atoms with Crippen molar-refractivity contribution in [2.45, 2.75) is 57.8 Å². The van der Waals surface area contributed by atoms with Crippen LogP contribution in [0.2, 0.25) is 0 Å². The number of benzene rings is 1. The molecule has 7 heteroatoms. The van der Waals surface area contributed by atoms with Gasteiger partial charge < -0.3 is 29.6 Å². The van der Waals surface area contributed by atoms with E-state index >= 15 is 0 Å². The van der Waals surface area contributed by atoms with E-state index in [-0.39, 0.29) is 12.6 Å². The summed E-state index contributed by atoms with van der Waals surface area (Å²) in [4.78, 5) is 4.63. The average molecular weight is 416 g/mol. The molecule has 1 saturated carbocycles. The van der Waals surface area contributed by atoms with Crippen molar-refractivity contribution in [2.24, 2.45) is 4.99 Å². The summed E-state index contributed by atoms with van der Waals surface area (Å²) < 4.78 is 17.0. The van der Waals surface area contributed by atoms with E-state index in [1.807, 2.05) is 25.1 Å². The minimum atomic E-state index is -1.14. The Hall–Kier alpha value is -2.67. The highest BCUT2D eigenvalue weighted by molar-refractivity contribution is 5.79. The lowest BCUT2D eigenvalue weighted by Gasteiger charge is -2.22. The molecule has 1 aromatic heterocycles. The third kappa shape index (κ3) is 5.92. The lowest BCUT2D eigenvalue weighted by molar-refractivity contribution is 0.0386. The number of furan rings is 1. The number of nitrogens with one attached hydrogen (secondary N) is 2. The number of hydrogen-bond donors (Lipinski definition) is 3. The molecule has 1 fully saturated rings. The van der Waals surface area contributed by atoms with Crippen molar-refractivity contribution in [3.05, 3.63) is 47.9 Å². The Bertz CT molecular complexity index is 812. The predicted molar refractivity (Wildman–Crippen MR) is 117 cm³/mol. The van der Waals surface area contributed by atoms with Gasteiger partial charge in [-0.1, -0.05) is 6.07 Å². The monoisotopic (exact) mass is 415 g/mol. The van der Waals surface area contributed by atoms with E-state index in [1.165, 1.54) is 12.8 Å². The highest BCUT2D eigenvalue weighted by atomic mass is 16.5. The maximum absolute atomic E-state index is 10.6. The van der Waals surface area contributed by atoms with Crippen LogP contribution in [0.1, 0.15) is 50.9 Å². The van der Waals surface area contributed by atoms with Crippen molar-refractivity contribution in [2.75, 3.05) is 20.2 Å². The number of hydrogen-bond acceptors (Lipinski definition) is 5. The molecule has 1 aliphatic carbocycles. The number of aliphatic imine (C=N–C) groups is 1. The Morgan fingerprint density at radius 1 is 1.23 bits per heavy atom. The summed E-state index contributed by atoms with van der Waals surface area (Å²) in [5.41, 5.74) is -0.122. The highest BCUT2D eigenvalue weighted by Crippen LogP contribution is 2.32. The highest BCUT2D eigenvalue weighted by Gasteiger charge is 2.26. The molecule has 1 heterocycles. The van der Waals surface area contributed by atoms with Gasteiger partial charge >= 0.3 is 0 Å². The standard InChI is InChI=1S/C23H33N3O4/c1-4-24-22(26-16-23(2,27)21-10-7-13-29-21)25-15-17-11-12-19(20(14-17)28-3)30-18-8-5-6-9-18/h7,10-14,18,27H,4-6,8-9,15-16H2,1-3H3,(H2,24,25,26). The van der Waals surface area contributed by atoms with E-state index in [4.69, 9.17) is 13.9 Å². The average Bonchev–Trinajstić information content (AvgIpc) is 3.45. The van der Waals surface area contributed by atoms with Crippen LogP contribution in [-0.4, -0.2) is 37.4 Å². The molecule has 0 saturated heterocycles. The lowest BCUT2D eigenvalue weighted by atomic mass is 10.0. The molecular formula is C23H33N3O4. The van der Waals surface area contributed by atoms with Crippen molar-refractivity contribution >= 4 is 5.96 Å². The second-order valence-electron chi connectivity index (χ2n) is 7.81. The van der Waals surface area contributed by atoms with Gasteiger partial charge in [-0.25, -0.2) is 4.99 Å². The van der Waals surface area contributed by atoms with Crippen molar-refractivity contribution in [3.63, 3.8) is 0 Å². The quantitative estimate of drug-likeness (QED) is 0.429. The van der Waals surface area contributed by atoms with Crippen molar-refractivity contribution < 1.29 is 19.0 Å². The molecule has 1 unspecified atom stereocenters. The van der Waals surface area contributed by atoms with E-state index < -0.39 is 5.60 Å². The smallest absolute Gasteiger partial charge is 0.191 e. The SMILES string of the molecule is CCNC(=NCc1ccc(OC2CCCC2)c(OC)c1)NCC(C)(O)c1ccco1. The van der Waals surface area contributed by atoms with Crippen LogP contribution in [0.15, 0.2) is 46.0 Å². The molecule has 0 radical (unpaired) electrons. The Morgan fingerprint density at radius 3 is 2.70 bits per heavy atom. The molecule has 30 heavy (non-hydrogen) atoms. The molecule has 3 rings (SSSR count). The zero-order chi connectivity index (χ0) is 21.4. The van der Waals surface area contributed by atoms with Gasteiger partial charge in [0.1, 0.15) is 11.4 Å². The van der Waals surface area contributed by atoms with Gasteiger partial charge in [0.05, 0.1) is 32.6 Å². The summed E-state index contributed by atoms with van der Waals surface area (Å²) in [6, 6.07) is 9.46. The van der Waals surface area contributed by atoms with E-state index in [0.717, 1.165) is 29.9 Å². The minimum Gasteiger partial charge on any atom is -0.493 e. The molecule has 0 aliphatic heterocycles. The summed E-state index contributed by atoms with van der Waals surface area (Å²) in [5, 5.41) is 17.0. The van der Waals surface area contributed by atoms with Gasteiger partial charge in [-0.3, -0.25) is 0 Å². The molecule has 0 bridgehead atoms. The lowest BCUT2D eigenvalue weighted by Crippen LogP contribution is -2.44. The van der Waals surface area contributed by atoms with E-state index in [2.05, 4.69) is 15.6 Å². The first-order chi connectivity index (χ1) is 14.5. The normalized spacial score (nSPS) is 16.9. The Morgan fingerprint density at radius 2 is 2.03 bits per heavy atom. The van der Waals surface area contributed by atoms with E-state index in [9.17, 15) is 5.11 Å². The fraction of sp³-hybridized carbons (Fsp3) is 0.522. The Balaban J connectivity index is 1.63. The zero-order valence-corrected chi connectivity index (χ0v) is 18.1. The maximum atomic E-state index is 10.6. The topological polar surface area (TPSA) is 88.3 Å². The molecule has 3 N–H and O–H groups in total. The van der Waals surface area contributed by atoms with Crippen molar-refractivity contribution in [3.8, 4) is 11.5 Å². The third-order valence-corrected chi connectivity index (χ3v) is 5.24. The first kappa shape index (κ1) is 22.0. The van der Waals surface area contributed by atoms with Crippen LogP contribution in [0, 0.1) is 0 Å². The summed E-state index contributed by atoms with van der Waals surface area (Å²) in [6.45, 7) is 5.16. The summed E-state index contributed by atoms with van der Waals surface area (Å²) in [6.07, 6.45) is 6.51. The number of guanidine groups is 1. The summed E-state index contributed by atoms with van der Waals surface area (Å²) in [7, 11) is 1.66. The maximum Gasteiger partial charge on any atom is 0.191 e. The van der Waals surface area contributed by atoms with Crippen molar-refractivity contribution in [1.82, 2.24) is 10.6 Å². The number of methoxy groups -OCH3 is 1. The number of nitrogens with zero attached hydrogens (tertiary/aromatic N) is 1. The fourth-order valence-electron chi connectivity index (χ4n) is 3.53. The van der Waals surface area contributed by atoms with Crippen LogP contribution >= 0.6 is 0 Å². The van der Waals surface area contributed by atoms with Gasteiger partial charge in [0.25, 0.3) is 0 Å². The first-order valence-electron chi connectivity index (χ1n) is 10.6. The number of rotatable bonds is 9. The summed E-state index contributed by atoms with van der Waals surface area (Å²) >= 11 is 0. The zero-order valence-electron chi connectivity index (χ0n) is 18.1. The number of aliphatic hydroxyl groups is 1. The molecular weight excluding hydrogens is 382 g/mol. The summed E-state index contributed by atoms with van der Waals surface area (Å²) in [5.74, 6) is 2.65. The van der Waals surface area contributed by atoms with Gasteiger partial charge in [-0.15, -0.1) is 0 Å². The van der Waals surface area contributed by atoms with Gasteiger partial charge in [-0.2, -0.15) is 0 Å². The van der Waals surface area contributed by atoms with Crippen LogP contribution in [0.25, 0.3) is 0 Å². The van der Waals surface area contributed by atoms with Crippen LogP contribution in [0.4, 0.5) is 0 Å². The molecule has 1 aliphatic rings. The van der Waals surface area contributed by atoms with Crippen LogP contribution in [-0.2, 0) is 12.1 Å². The second kappa shape index (κ2) is 10.4. The van der Waals surface area contributed by atoms with Crippen LogP contribution < -0.4 is 20.1 Å². The Kier molecular flexibility index (Phi) is 7.63. The predicted octanol–water partition coefficient (Wildman–Crippen LogP) is 3.57. The van der Waals surface area contributed by atoms with E-state index in [0.29, 0.717) is 24.8 Å². The van der Waals surface area contributed by atoms with E-state index in [1.54, 1.807) is 32.4 Å². The first-order valence-corrected chi connectivity index (χ1v) is 10.6. The second-order valence-corrected chi connectivity index (χ2v) is 7.81. The fourth-order valence-corrected chi connectivity index (χ4v) is 3.53. The van der Waals surface area contributed by atoms with Gasteiger partial charge in [0, 0.05) is 6.54 Å². The minimum absolute atomic E-state index is 0.268.